The van der Waals surface area contributed by atoms with Crippen LogP contribution in [-0.4, -0.2) is 42.7 Å². The van der Waals surface area contributed by atoms with Crippen molar-refractivity contribution in [2.75, 3.05) is 13.7 Å². The number of pyridine rings is 1. The molecule has 26 heavy (non-hydrogen) atoms. The number of hydrogen-bond donors (Lipinski definition) is 2. The van der Waals surface area contributed by atoms with Crippen LogP contribution in [0.2, 0.25) is 0 Å². The van der Waals surface area contributed by atoms with Gasteiger partial charge in [0.25, 0.3) is 11.8 Å². The average molecular weight is 361 g/mol. The summed E-state index contributed by atoms with van der Waals surface area (Å²) in [6.07, 6.45) is -0.991. The highest BCUT2D eigenvalue weighted by Crippen LogP contribution is 2.30. The van der Waals surface area contributed by atoms with E-state index < -0.39 is 29.9 Å². The molecular formula is C18H20FN3O4. The molecule has 1 unspecified atom stereocenters. The number of benzene rings is 1. The smallest absolute Gasteiger partial charge is 0.255 e. The van der Waals surface area contributed by atoms with E-state index in [0.29, 0.717) is 23.1 Å². The molecule has 1 aromatic carbocycles. The van der Waals surface area contributed by atoms with Crippen molar-refractivity contribution < 1.29 is 23.5 Å². The van der Waals surface area contributed by atoms with Crippen molar-refractivity contribution >= 4 is 22.7 Å². The Morgan fingerprint density at radius 3 is 2.85 bits per heavy atom. The number of hydrogen-bond acceptors (Lipinski definition) is 5. The first kappa shape index (κ1) is 17.9. The Morgan fingerprint density at radius 1 is 1.42 bits per heavy atom. The third kappa shape index (κ3) is 3.14. The maximum absolute atomic E-state index is 13.9. The number of nitrogens with one attached hydrogen (secondary N) is 1. The maximum Gasteiger partial charge on any atom is 0.255 e. The fraction of sp³-hybridized carbons (Fsp3) is 0.389. The highest BCUT2D eigenvalue weighted by atomic mass is 19.1. The Morgan fingerprint density at radius 2 is 2.19 bits per heavy atom. The molecule has 0 bridgehead atoms. The number of amides is 2. The van der Waals surface area contributed by atoms with Crippen LogP contribution in [0.4, 0.5) is 4.39 Å². The Labute approximate surface area is 149 Å². The van der Waals surface area contributed by atoms with Crippen LogP contribution in [0.5, 0.6) is 11.6 Å². The van der Waals surface area contributed by atoms with E-state index in [0.717, 1.165) is 0 Å². The average Bonchev–Trinajstić information content (AvgIpc) is 2.91. The quantitative estimate of drug-likeness (QED) is 0.813. The first-order chi connectivity index (χ1) is 12.5. The van der Waals surface area contributed by atoms with E-state index in [4.69, 9.17) is 15.2 Å². The number of ether oxygens (including phenoxy) is 2. The van der Waals surface area contributed by atoms with Crippen molar-refractivity contribution in [2.24, 2.45) is 11.7 Å². The van der Waals surface area contributed by atoms with Gasteiger partial charge in [0.15, 0.2) is 6.17 Å². The van der Waals surface area contributed by atoms with E-state index in [-0.39, 0.29) is 18.1 Å². The fourth-order valence-corrected chi connectivity index (χ4v) is 3.21. The standard InChI is InChI=1S/C18H20FN3O4/c1-3-10-12(21-17(24)14(10)19)8-26-13-6-4-5-9-7-11(16(20)23)18(25-2)22-15(9)13/h4-7,10,12,14H,3,8H2,1-2H3,(H2,20,23)(H,21,24)/t10-,12?,14-/m0/s1. The zero-order valence-electron chi connectivity index (χ0n) is 14.5. The van der Waals surface area contributed by atoms with Crippen molar-refractivity contribution in [1.82, 2.24) is 10.3 Å². The second kappa shape index (κ2) is 7.15. The highest BCUT2D eigenvalue weighted by Gasteiger charge is 2.41. The lowest BCUT2D eigenvalue weighted by molar-refractivity contribution is -0.123. The molecule has 2 heterocycles. The second-order valence-electron chi connectivity index (χ2n) is 6.14. The summed E-state index contributed by atoms with van der Waals surface area (Å²) in [6, 6.07) is 6.40. The molecule has 3 N–H and O–H groups in total. The van der Waals surface area contributed by atoms with Crippen LogP contribution in [-0.2, 0) is 4.79 Å². The molecular weight excluding hydrogens is 341 g/mol. The van der Waals surface area contributed by atoms with E-state index in [9.17, 15) is 14.0 Å². The number of methoxy groups -OCH3 is 1. The van der Waals surface area contributed by atoms with Crippen LogP contribution in [0.15, 0.2) is 24.3 Å². The van der Waals surface area contributed by atoms with Gasteiger partial charge < -0.3 is 20.5 Å². The minimum atomic E-state index is -1.52. The number of aromatic nitrogens is 1. The SMILES string of the molecule is CC[C@H]1C(COc2cccc3cc(C(N)=O)c(OC)nc23)NC(=O)[C@H]1F. The van der Waals surface area contributed by atoms with Gasteiger partial charge in [0.2, 0.25) is 5.88 Å². The van der Waals surface area contributed by atoms with Crippen molar-refractivity contribution in [3.63, 3.8) is 0 Å². The van der Waals surface area contributed by atoms with E-state index >= 15 is 0 Å². The molecule has 3 rings (SSSR count). The maximum atomic E-state index is 13.9. The van der Waals surface area contributed by atoms with Gasteiger partial charge in [-0.05, 0) is 18.6 Å². The zero-order chi connectivity index (χ0) is 18.8. The van der Waals surface area contributed by atoms with E-state index in [2.05, 4.69) is 10.3 Å². The van der Waals surface area contributed by atoms with E-state index in [1.54, 1.807) is 24.3 Å². The zero-order valence-corrected chi connectivity index (χ0v) is 14.5. The number of nitrogens with zero attached hydrogens (tertiary/aromatic N) is 1. The summed E-state index contributed by atoms with van der Waals surface area (Å²) in [6.45, 7) is 1.95. The monoisotopic (exact) mass is 361 g/mol. The molecule has 2 aromatic rings. The molecule has 1 aliphatic heterocycles. The summed E-state index contributed by atoms with van der Waals surface area (Å²) in [5.74, 6) is -1.12. The molecule has 7 nitrogen and oxygen atoms in total. The van der Waals surface area contributed by atoms with E-state index in [1.807, 2.05) is 6.92 Å². The van der Waals surface area contributed by atoms with Crippen LogP contribution in [0.1, 0.15) is 23.7 Å². The summed E-state index contributed by atoms with van der Waals surface area (Å²) in [7, 11) is 1.39. The molecule has 0 saturated carbocycles. The molecule has 138 valence electrons. The van der Waals surface area contributed by atoms with Crippen molar-refractivity contribution in [3.05, 3.63) is 29.8 Å². The predicted octanol–water partition coefficient (Wildman–Crippen LogP) is 1.58. The summed E-state index contributed by atoms with van der Waals surface area (Å²) in [5.41, 5.74) is 6.01. The van der Waals surface area contributed by atoms with Gasteiger partial charge in [-0.3, -0.25) is 9.59 Å². The minimum absolute atomic E-state index is 0.102. The van der Waals surface area contributed by atoms with Gasteiger partial charge in [0.05, 0.1) is 13.2 Å². The largest absolute Gasteiger partial charge is 0.489 e. The first-order valence-corrected chi connectivity index (χ1v) is 8.31. The van der Waals surface area contributed by atoms with Gasteiger partial charge in [0, 0.05) is 11.3 Å². The third-order valence-electron chi connectivity index (χ3n) is 4.59. The van der Waals surface area contributed by atoms with E-state index in [1.165, 1.54) is 7.11 Å². The molecule has 1 saturated heterocycles. The predicted molar refractivity (Wildman–Crippen MR) is 92.9 cm³/mol. The van der Waals surface area contributed by atoms with Gasteiger partial charge >= 0.3 is 0 Å². The van der Waals surface area contributed by atoms with Gasteiger partial charge in [-0.15, -0.1) is 0 Å². The highest BCUT2D eigenvalue weighted by molar-refractivity contribution is 5.99. The van der Waals surface area contributed by atoms with Gasteiger partial charge in [-0.25, -0.2) is 9.37 Å². The lowest BCUT2D eigenvalue weighted by Crippen LogP contribution is -2.34. The Kier molecular flexibility index (Phi) is 4.92. The Bertz CT molecular complexity index is 858. The number of para-hydroxylation sites is 1. The molecule has 8 heteroatoms. The molecule has 2 amide bonds. The van der Waals surface area contributed by atoms with Crippen molar-refractivity contribution in [2.45, 2.75) is 25.6 Å². The third-order valence-corrected chi connectivity index (χ3v) is 4.59. The van der Waals surface area contributed by atoms with Gasteiger partial charge in [-0.2, -0.15) is 0 Å². The second-order valence-corrected chi connectivity index (χ2v) is 6.14. The number of alkyl halides is 1. The Balaban J connectivity index is 1.89. The minimum Gasteiger partial charge on any atom is -0.489 e. The number of rotatable bonds is 6. The summed E-state index contributed by atoms with van der Waals surface area (Å²) in [5, 5.41) is 3.28. The topological polar surface area (TPSA) is 104 Å². The number of nitrogens with two attached hydrogens (primary N) is 1. The molecule has 0 radical (unpaired) electrons. The molecule has 1 aliphatic rings. The molecule has 0 spiro atoms. The van der Waals surface area contributed by atoms with Crippen LogP contribution in [0.25, 0.3) is 10.9 Å². The summed E-state index contributed by atoms with van der Waals surface area (Å²) in [4.78, 5) is 27.4. The molecule has 1 aromatic heterocycles. The summed E-state index contributed by atoms with van der Waals surface area (Å²) >= 11 is 0. The van der Waals surface area contributed by atoms with Crippen LogP contribution < -0.4 is 20.5 Å². The molecule has 0 aliphatic carbocycles. The molecule has 1 fully saturated rings. The lowest BCUT2D eigenvalue weighted by atomic mass is 9.97. The number of halogens is 1. The number of carbonyl (C=O) groups is 2. The normalized spacial score (nSPS) is 22.3. The number of carbonyl (C=O) groups excluding carboxylic acids is 2. The number of primary amides is 1. The summed E-state index contributed by atoms with van der Waals surface area (Å²) < 4.78 is 24.8. The lowest BCUT2D eigenvalue weighted by Gasteiger charge is -2.19. The van der Waals surface area contributed by atoms with Crippen LogP contribution in [0, 0.1) is 5.92 Å². The fourth-order valence-electron chi connectivity index (χ4n) is 3.21. The number of fused-ring (bicyclic) bond motifs is 1. The molecule has 3 atom stereocenters. The van der Waals surface area contributed by atoms with Crippen molar-refractivity contribution in [1.29, 1.82) is 0 Å². The Hall–Kier alpha value is -2.90. The first-order valence-electron chi connectivity index (χ1n) is 8.31. The van der Waals surface area contributed by atoms with Crippen LogP contribution >= 0.6 is 0 Å². The van der Waals surface area contributed by atoms with Crippen molar-refractivity contribution in [3.8, 4) is 11.6 Å². The van der Waals surface area contributed by atoms with Crippen LogP contribution in [0.3, 0.4) is 0 Å². The van der Waals surface area contributed by atoms with Gasteiger partial charge in [-0.1, -0.05) is 19.1 Å². The van der Waals surface area contributed by atoms with Gasteiger partial charge in [0.1, 0.15) is 23.4 Å².